The van der Waals surface area contributed by atoms with E-state index in [-0.39, 0.29) is 45.8 Å². The molecule has 4 rings (SSSR count). The van der Waals surface area contributed by atoms with Gasteiger partial charge in [-0.05, 0) is 92.4 Å². The molecule has 3 aliphatic carbocycles. The average molecular weight is 543 g/mol. The molecule has 0 aromatic heterocycles. The Morgan fingerprint density at radius 2 is 1.85 bits per heavy atom. The summed E-state index contributed by atoms with van der Waals surface area (Å²) in [7, 11) is 0. The van der Waals surface area contributed by atoms with Crippen molar-refractivity contribution in [1.82, 2.24) is 5.32 Å². The summed E-state index contributed by atoms with van der Waals surface area (Å²) >= 11 is 0. The highest BCUT2D eigenvalue weighted by atomic mass is 16.5. The largest absolute Gasteiger partial charge is 0.478 e. The summed E-state index contributed by atoms with van der Waals surface area (Å²) in [5.74, 6) is -1.64. The van der Waals surface area contributed by atoms with Crippen LogP contribution >= 0.6 is 0 Å². The maximum Gasteiger partial charge on any atom is 0.331 e. The van der Waals surface area contributed by atoms with Gasteiger partial charge in [-0.2, -0.15) is 0 Å². The molecule has 8 atom stereocenters. The maximum atomic E-state index is 12.8. The molecule has 0 bridgehead atoms. The first-order chi connectivity index (χ1) is 18.2. The number of carboxylic acid groups (broad SMARTS) is 1. The number of rotatable bonds is 5. The van der Waals surface area contributed by atoms with Gasteiger partial charge in [0, 0.05) is 30.9 Å². The van der Waals surface area contributed by atoms with Crippen molar-refractivity contribution in [3.05, 3.63) is 22.8 Å². The van der Waals surface area contributed by atoms with Gasteiger partial charge in [0.2, 0.25) is 5.91 Å². The fraction of sp³-hybridized carbons (Fsp3) is 0.742. The van der Waals surface area contributed by atoms with E-state index in [4.69, 9.17) is 4.74 Å². The van der Waals surface area contributed by atoms with E-state index in [0.717, 1.165) is 24.8 Å². The van der Waals surface area contributed by atoms with Gasteiger partial charge in [-0.15, -0.1) is 0 Å². The fourth-order valence-corrected chi connectivity index (χ4v) is 9.37. The van der Waals surface area contributed by atoms with Crippen molar-refractivity contribution < 1.29 is 29.4 Å². The second kappa shape index (κ2) is 10.4. The Hall–Kier alpha value is -2.64. The molecule has 8 nitrogen and oxygen atoms in total. The minimum absolute atomic E-state index is 0.0817. The van der Waals surface area contributed by atoms with Crippen LogP contribution in [0.4, 0.5) is 0 Å². The van der Waals surface area contributed by atoms with Crippen molar-refractivity contribution in [2.75, 3.05) is 6.54 Å². The zero-order valence-corrected chi connectivity index (χ0v) is 24.6. The van der Waals surface area contributed by atoms with E-state index < -0.39 is 18.0 Å². The molecule has 0 spiro atoms. The van der Waals surface area contributed by atoms with Gasteiger partial charge in [-0.25, -0.2) is 4.79 Å². The first-order valence-electron chi connectivity index (χ1n) is 14.5. The van der Waals surface area contributed by atoms with Crippen LogP contribution in [-0.2, 0) is 19.1 Å². The van der Waals surface area contributed by atoms with Crippen LogP contribution in [0, 0.1) is 39.9 Å². The first-order valence-corrected chi connectivity index (χ1v) is 14.5. The molecule has 0 aromatic carbocycles. The standard InChI is InChI=1S/C31H46N2O6/c1-17(2)9-8-10-20(28(36)37)25-22-15-23(33-38)26-29(5)13-14-32-27(35)18(3)21(29)11-12-30(26,6)31(22,7)16-24(25)39-19(4)34/h9,18,21-22,24,26,38H,8,10-16H2,1-7H3,(H,32,35)(H,36,37)/b25-20-,33-23-/t18-,21-,22-,24-,26-,29-,30-,31-/m0/s1. The van der Waals surface area contributed by atoms with Gasteiger partial charge in [0.25, 0.3) is 0 Å². The topological polar surface area (TPSA) is 125 Å². The molecule has 1 heterocycles. The van der Waals surface area contributed by atoms with Gasteiger partial charge in [0.1, 0.15) is 6.10 Å². The zero-order valence-electron chi connectivity index (χ0n) is 24.6. The summed E-state index contributed by atoms with van der Waals surface area (Å²) in [6.07, 6.45) is 5.75. The van der Waals surface area contributed by atoms with Gasteiger partial charge < -0.3 is 20.4 Å². The lowest BCUT2D eigenvalue weighted by atomic mass is 9.38. The lowest BCUT2D eigenvalue weighted by Gasteiger charge is -2.65. The predicted molar refractivity (Wildman–Crippen MR) is 148 cm³/mol. The van der Waals surface area contributed by atoms with Crippen LogP contribution in [0.3, 0.4) is 0 Å². The van der Waals surface area contributed by atoms with Gasteiger partial charge in [-0.1, -0.05) is 44.5 Å². The molecule has 3 N–H and O–H groups in total. The number of nitrogens with zero attached hydrogens (tertiary/aromatic N) is 1. The highest BCUT2D eigenvalue weighted by molar-refractivity contribution is 5.92. The van der Waals surface area contributed by atoms with E-state index in [1.165, 1.54) is 6.92 Å². The van der Waals surface area contributed by atoms with E-state index in [9.17, 15) is 24.7 Å². The predicted octanol–water partition coefficient (Wildman–Crippen LogP) is 5.50. The number of carboxylic acids is 1. The summed E-state index contributed by atoms with van der Waals surface area (Å²) in [5.41, 5.74) is 1.79. The quantitative estimate of drug-likeness (QED) is 0.138. The Balaban J connectivity index is 1.88. The molecule has 3 saturated carbocycles. The third-order valence-electron chi connectivity index (χ3n) is 11.2. The Morgan fingerprint density at radius 1 is 1.15 bits per heavy atom. The highest BCUT2D eigenvalue weighted by Crippen LogP contribution is 2.73. The SMILES string of the molecule is CC(=O)O[C@H]1C[C@@]2(C)[C@@H](C/C(=N/O)[C@H]3[C@@]4(C)CCNC(=O)[C@@H](C)[C@@H]4CC[C@@]32C)/C1=C(\CCC=C(C)C)C(=O)O. The van der Waals surface area contributed by atoms with Crippen molar-refractivity contribution in [1.29, 1.82) is 0 Å². The summed E-state index contributed by atoms with van der Waals surface area (Å²) in [5, 5.41) is 27.9. The molecule has 0 unspecified atom stereocenters. The van der Waals surface area contributed by atoms with Crippen LogP contribution in [0.15, 0.2) is 28.0 Å². The number of carbonyl (C=O) groups excluding carboxylic acids is 2. The Labute approximate surface area is 232 Å². The molecule has 1 saturated heterocycles. The van der Waals surface area contributed by atoms with Crippen molar-refractivity contribution in [3.8, 4) is 0 Å². The van der Waals surface area contributed by atoms with E-state index in [2.05, 4.69) is 31.2 Å². The number of carbonyl (C=O) groups is 3. The number of ether oxygens (including phenoxy) is 1. The third kappa shape index (κ3) is 4.61. The van der Waals surface area contributed by atoms with Crippen LogP contribution in [0.1, 0.15) is 93.4 Å². The lowest BCUT2D eigenvalue weighted by molar-refractivity contribution is -0.149. The molecule has 216 valence electrons. The molecule has 39 heavy (non-hydrogen) atoms. The molecule has 0 aromatic rings. The second-order valence-electron chi connectivity index (χ2n) is 13.5. The van der Waals surface area contributed by atoms with E-state index >= 15 is 0 Å². The molecular formula is C31H46N2O6. The molecule has 1 amide bonds. The highest BCUT2D eigenvalue weighted by Gasteiger charge is 2.70. The van der Waals surface area contributed by atoms with Crippen LogP contribution in [0.5, 0.6) is 0 Å². The van der Waals surface area contributed by atoms with Crippen molar-refractivity contribution in [3.63, 3.8) is 0 Å². The fourth-order valence-electron chi connectivity index (χ4n) is 9.37. The number of fused-ring (bicyclic) bond motifs is 5. The number of hydrogen-bond donors (Lipinski definition) is 3. The minimum atomic E-state index is -0.985. The van der Waals surface area contributed by atoms with Crippen LogP contribution in [0.25, 0.3) is 0 Å². The van der Waals surface area contributed by atoms with Crippen molar-refractivity contribution >= 4 is 23.6 Å². The molecule has 0 radical (unpaired) electrons. The number of aliphatic carboxylic acids is 1. The number of hydrogen-bond acceptors (Lipinski definition) is 6. The van der Waals surface area contributed by atoms with Crippen molar-refractivity contribution in [2.45, 2.75) is 99.5 Å². The second-order valence-corrected chi connectivity index (χ2v) is 13.5. The lowest BCUT2D eigenvalue weighted by Crippen LogP contribution is -2.63. The average Bonchev–Trinajstić information content (AvgIpc) is 3.05. The third-order valence-corrected chi connectivity index (χ3v) is 11.2. The van der Waals surface area contributed by atoms with Crippen LogP contribution in [0.2, 0.25) is 0 Å². The van der Waals surface area contributed by atoms with Gasteiger partial charge >= 0.3 is 11.9 Å². The Morgan fingerprint density at radius 3 is 2.44 bits per heavy atom. The monoisotopic (exact) mass is 542 g/mol. The van der Waals surface area contributed by atoms with Gasteiger partial charge in [-0.3, -0.25) is 9.59 Å². The number of esters is 1. The zero-order chi connectivity index (χ0) is 28.9. The van der Waals surface area contributed by atoms with E-state index in [0.29, 0.717) is 49.1 Å². The molecular weight excluding hydrogens is 496 g/mol. The summed E-state index contributed by atoms with van der Waals surface area (Å²) < 4.78 is 5.88. The molecule has 1 aliphatic heterocycles. The van der Waals surface area contributed by atoms with Crippen LogP contribution < -0.4 is 5.32 Å². The number of nitrogens with one attached hydrogen (secondary N) is 1. The summed E-state index contributed by atoms with van der Waals surface area (Å²) in [6, 6.07) is 0. The molecule has 4 fully saturated rings. The van der Waals surface area contributed by atoms with Gasteiger partial charge in [0.05, 0.1) is 5.71 Å². The van der Waals surface area contributed by atoms with Crippen molar-refractivity contribution in [2.24, 2.45) is 45.1 Å². The normalized spacial score (nSPS) is 41.9. The number of allylic oxidation sites excluding steroid dienone is 2. The molecule has 4 aliphatic rings. The maximum absolute atomic E-state index is 12.8. The smallest absolute Gasteiger partial charge is 0.331 e. The summed E-state index contributed by atoms with van der Waals surface area (Å²) in [4.78, 5) is 37.8. The minimum Gasteiger partial charge on any atom is -0.478 e. The molecule has 8 heteroatoms. The summed E-state index contributed by atoms with van der Waals surface area (Å²) in [6.45, 7) is 14.7. The van der Waals surface area contributed by atoms with Crippen LogP contribution in [-0.4, -0.2) is 46.5 Å². The van der Waals surface area contributed by atoms with E-state index in [1.807, 2.05) is 26.8 Å². The first kappa shape index (κ1) is 29.3. The van der Waals surface area contributed by atoms with E-state index in [1.54, 1.807) is 0 Å². The Bertz CT molecular complexity index is 1140. The number of amides is 1. The Kier molecular flexibility index (Phi) is 7.82. The van der Waals surface area contributed by atoms with Gasteiger partial charge in [0.15, 0.2) is 0 Å². The number of oxime groups is 1.